The van der Waals surface area contributed by atoms with Crippen molar-refractivity contribution >= 4 is 34.3 Å². The molecule has 0 radical (unpaired) electrons. The summed E-state index contributed by atoms with van der Waals surface area (Å²) in [5.41, 5.74) is 4.14. The maximum Gasteiger partial charge on any atom is 0.324 e. The first-order chi connectivity index (χ1) is 19.8. The molecule has 2 aliphatic heterocycles. The molecule has 2 saturated heterocycles. The zero-order valence-electron chi connectivity index (χ0n) is 21.8. The lowest BCUT2D eigenvalue weighted by Crippen LogP contribution is -2.73. The molecular weight excluding hydrogens is 530 g/mol. The Morgan fingerprint density at radius 2 is 1.71 bits per heavy atom. The van der Waals surface area contributed by atoms with Crippen LogP contribution >= 0.6 is 0 Å². The maximum atomic E-state index is 12.1. The van der Waals surface area contributed by atoms with Gasteiger partial charge in [-0.15, -0.1) is 0 Å². The highest BCUT2D eigenvalue weighted by Gasteiger charge is 2.54. The number of carbonyl (C=O) groups is 1. The van der Waals surface area contributed by atoms with Crippen LogP contribution in [0.5, 0.6) is 11.5 Å². The summed E-state index contributed by atoms with van der Waals surface area (Å²) < 4.78 is 9.53. The summed E-state index contributed by atoms with van der Waals surface area (Å²) in [7, 11) is 0. The van der Waals surface area contributed by atoms with E-state index in [4.69, 9.17) is 14.9 Å². The normalized spacial score (nSPS) is 15.5. The van der Waals surface area contributed by atoms with E-state index in [0.29, 0.717) is 49.1 Å². The summed E-state index contributed by atoms with van der Waals surface area (Å²) in [6, 6.07) is 11.4. The van der Waals surface area contributed by atoms with Crippen LogP contribution in [0.4, 0.5) is 17.2 Å². The van der Waals surface area contributed by atoms with Gasteiger partial charge in [0.1, 0.15) is 29.7 Å². The molecule has 1 amide bonds. The number of nitrogens with one attached hydrogen (secondary N) is 1. The number of benzene rings is 1. The Kier molecular flexibility index (Phi) is 5.38. The quantitative estimate of drug-likeness (QED) is 0.180. The number of ether oxygens (including phenoxy) is 1. The molecule has 41 heavy (non-hydrogen) atoms. The molecule has 6 heterocycles. The number of aryl methyl sites for hydroxylation is 1. The molecule has 0 saturated carbocycles. The van der Waals surface area contributed by atoms with Crippen LogP contribution in [0.15, 0.2) is 73.2 Å². The Balaban J connectivity index is 1.06. The van der Waals surface area contributed by atoms with Gasteiger partial charge in [0.05, 0.1) is 5.69 Å². The molecule has 7 rings (SSSR count). The molecule has 4 N–H and O–H groups in total. The predicted octanol–water partition coefficient (Wildman–Crippen LogP) is 3.11. The average Bonchev–Trinajstić information content (AvgIpc) is 3.55. The molecule has 1 aromatic carbocycles. The van der Waals surface area contributed by atoms with Gasteiger partial charge in [0, 0.05) is 55.7 Å². The molecule has 4 aromatic heterocycles. The number of amides is 1. The van der Waals surface area contributed by atoms with Crippen molar-refractivity contribution in [3.63, 3.8) is 0 Å². The minimum absolute atomic E-state index is 0.107. The fourth-order valence-electron chi connectivity index (χ4n) is 5.54. The minimum atomic E-state index is -1.37. The van der Waals surface area contributed by atoms with E-state index in [9.17, 15) is 9.90 Å². The van der Waals surface area contributed by atoms with Crippen LogP contribution in [0.3, 0.4) is 0 Å². The second kappa shape index (κ2) is 9.01. The SMILES string of the molecule is Cc1cc(Nc2ncnn3ccc(N4CC5(CN(C(=O)C(O)=C(O)O)C5)C4)c23)ccc1Oc1ccn2ncnc2c1. The van der Waals surface area contributed by atoms with Gasteiger partial charge in [-0.2, -0.15) is 10.2 Å². The van der Waals surface area contributed by atoms with Crippen molar-refractivity contribution in [2.45, 2.75) is 6.92 Å². The van der Waals surface area contributed by atoms with E-state index in [2.05, 4.69) is 30.4 Å². The molecule has 2 aliphatic rings. The molecule has 1 spiro atoms. The molecule has 0 bridgehead atoms. The molecule has 2 fully saturated rings. The van der Waals surface area contributed by atoms with E-state index in [1.165, 1.54) is 17.6 Å². The van der Waals surface area contributed by atoms with Crippen LogP contribution in [0.25, 0.3) is 11.2 Å². The number of aromatic nitrogens is 6. The first kappa shape index (κ1) is 24.5. The number of carbonyl (C=O) groups excluding carboxylic acids is 1. The zero-order chi connectivity index (χ0) is 28.3. The summed E-state index contributed by atoms with van der Waals surface area (Å²) in [5, 5.41) is 39.3. The van der Waals surface area contributed by atoms with Crippen molar-refractivity contribution in [2.75, 3.05) is 36.4 Å². The van der Waals surface area contributed by atoms with Gasteiger partial charge in [-0.25, -0.2) is 19.0 Å². The number of aliphatic hydroxyl groups is 3. The first-order valence-corrected chi connectivity index (χ1v) is 12.8. The summed E-state index contributed by atoms with van der Waals surface area (Å²) in [5.74, 6) is -1.17. The standard InChI is InChI=1S/C27H25N9O5/c1-16-8-17(2-3-20(16)41-18-4-6-35-21(9-18)28-14-30-35)32-24-22-19(5-7-36(22)31-15-29-24)33-10-27(11-33)12-34(13-27)25(38)23(37)26(39)40/h2-9,14-15,37,39-40H,10-13H2,1H3,(H,29,31,32). The lowest BCUT2D eigenvalue weighted by molar-refractivity contribution is -0.144. The smallest absolute Gasteiger partial charge is 0.324 e. The molecule has 14 nitrogen and oxygen atoms in total. The van der Waals surface area contributed by atoms with Gasteiger partial charge in [0.25, 0.3) is 11.7 Å². The number of anilines is 3. The van der Waals surface area contributed by atoms with Crippen LogP contribution < -0.4 is 15.0 Å². The van der Waals surface area contributed by atoms with E-state index >= 15 is 0 Å². The third-order valence-electron chi connectivity index (χ3n) is 7.50. The topological polar surface area (TPSA) is 166 Å². The van der Waals surface area contributed by atoms with Gasteiger partial charge in [-0.3, -0.25) is 4.79 Å². The molecule has 5 aromatic rings. The van der Waals surface area contributed by atoms with E-state index in [1.54, 1.807) is 15.2 Å². The van der Waals surface area contributed by atoms with Crippen LogP contribution in [0, 0.1) is 12.3 Å². The molecule has 0 atom stereocenters. The van der Waals surface area contributed by atoms with Gasteiger partial charge in [-0.1, -0.05) is 0 Å². The van der Waals surface area contributed by atoms with Crippen molar-refractivity contribution in [1.82, 2.24) is 34.1 Å². The Hall–Kier alpha value is -5.53. The van der Waals surface area contributed by atoms with Gasteiger partial charge < -0.3 is 35.2 Å². The highest BCUT2D eigenvalue weighted by atomic mass is 16.5. The summed E-state index contributed by atoms with van der Waals surface area (Å²) in [6.45, 7) is 4.22. The summed E-state index contributed by atoms with van der Waals surface area (Å²) in [4.78, 5) is 24.4. The molecular formula is C27H25N9O5. The van der Waals surface area contributed by atoms with Gasteiger partial charge in [-0.05, 0) is 42.8 Å². The first-order valence-electron chi connectivity index (χ1n) is 12.8. The number of aliphatic hydroxyl groups excluding tert-OH is 2. The van der Waals surface area contributed by atoms with Crippen LogP contribution in [0.1, 0.15) is 5.56 Å². The third-order valence-corrected chi connectivity index (χ3v) is 7.50. The second-order valence-electron chi connectivity index (χ2n) is 10.4. The molecule has 0 unspecified atom stereocenters. The van der Waals surface area contributed by atoms with Crippen LogP contribution in [0.2, 0.25) is 0 Å². The number of hydrogen-bond acceptors (Lipinski definition) is 11. The lowest BCUT2D eigenvalue weighted by Gasteiger charge is -2.60. The van der Waals surface area contributed by atoms with E-state index in [1.807, 2.05) is 49.5 Å². The number of pyridine rings is 1. The average molecular weight is 556 g/mol. The third kappa shape index (κ3) is 4.16. The highest BCUT2D eigenvalue weighted by Crippen LogP contribution is 2.44. The van der Waals surface area contributed by atoms with Crippen molar-refractivity contribution in [2.24, 2.45) is 5.41 Å². The van der Waals surface area contributed by atoms with Gasteiger partial charge >= 0.3 is 5.95 Å². The zero-order valence-corrected chi connectivity index (χ0v) is 21.8. The number of fused-ring (bicyclic) bond motifs is 2. The van der Waals surface area contributed by atoms with E-state index in [-0.39, 0.29) is 5.41 Å². The largest absolute Gasteiger partial charge is 0.498 e. The van der Waals surface area contributed by atoms with Gasteiger partial charge in [0.15, 0.2) is 11.5 Å². The molecule has 0 aliphatic carbocycles. The lowest BCUT2D eigenvalue weighted by atomic mass is 9.72. The fraction of sp³-hybridized carbons (Fsp3) is 0.222. The monoisotopic (exact) mass is 555 g/mol. The number of likely N-dealkylation sites (tertiary alicyclic amines) is 1. The number of nitrogens with zero attached hydrogens (tertiary/aromatic N) is 8. The van der Waals surface area contributed by atoms with Crippen molar-refractivity contribution in [3.05, 3.63) is 78.7 Å². The Bertz CT molecular complexity index is 1840. The fourth-order valence-corrected chi connectivity index (χ4v) is 5.54. The summed E-state index contributed by atoms with van der Waals surface area (Å²) in [6.07, 6.45) is 6.66. The second-order valence-corrected chi connectivity index (χ2v) is 10.4. The molecule has 208 valence electrons. The highest BCUT2D eigenvalue weighted by molar-refractivity contribution is 5.92. The maximum absolute atomic E-state index is 12.1. The summed E-state index contributed by atoms with van der Waals surface area (Å²) >= 11 is 0. The van der Waals surface area contributed by atoms with Crippen molar-refractivity contribution < 1.29 is 24.9 Å². The number of rotatable bonds is 6. The minimum Gasteiger partial charge on any atom is -0.498 e. The molecule has 14 heteroatoms. The van der Waals surface area contributed by atoms with Crippen molar-refractivity contribution in [1.29, 1.82) is 0 Å². The number of hydrogen-bond donors (Lipinski definition) is 4. The van der Waals surface area contributed by atoms with Gasteiger partial charge in [0.2, 0.25) is 0 Å². The van der Waals surface area contributed by atoms with E-state index in [0.717, 1.165) is 22.5 Å². The van der Waals surface area contributed by atoms with Crippen molar-refractivity contribution in [3.8, 4) is 11.5 Å². The predicted molar refractivity (Wildman–Crippen MR) is 147 cm³/mol. The Morgan fingerprint density at radius 1 is 0.951 bits per heavy atom. The van der Waals surface area contributed by atoms with E-state index < -0.39 is 17.6 Å². The van der Waals surface area contributed by atoms with Crippen LogP contribution in [-0.2, 0) is 4.79 Å². The Morgan fingerprint density at radius 3 is 2.49 bits per heavy atom. The Labute approximate surface area is 232 Å². The van der Waals surface area contributed by atoms with Crippen LogP contribution in [-0.4, -0.2) is 81.5 Å².